The molecule has 1 aromatic heterocycles. The standard InChI is InChI=1S/C13H15FN2O/c1-9-12(6-7-17-9)13(16-15)8-10-2-4-11(14)5-3-10/h2-7,13,16H,8,15H2,1H3. The van der Waals surface area contributed by atoms with E-state index >= 15 is 0 Å². The second kappa shape index (κ2) is 5.12. The molecule has 0 aliphatic carbocycles. The third kappa shape index (κ3) is 2.72. The maximum Gasteiger partial charge on any atom is 0.123 e. The number of hydrogen-bond donors (Lipinski definition) is 2. The fraction of sp³-hybridized carbons (Fsp3) is 0.231. The van der Waals surface area contributed by atoms with Crippen molar-refractivity contribution in [2.24, 2.45) is 5.84 Å². The fourth-order valence-electron chi connectivity index (χ4n) is 1.87. The molecule has 0 aliphatic heterocycles. The minimum Gasteiger partial charge on any atom is -0.469 e. The Morgan fingerprint density at radius 1 is 1.29 bits per heavy atom. The molecule has 2 aromatic rings. The van der Waals surface area contributed by atoms with Gasteiger partial charge in [-0.3, -0.25) is 11.3 Å². The Bertz CT molecular complexity index is 478. The topological polar surface area (TPSA) is 51.2 Å². The van der Waals surface area contributed by atoms with Crippen LogP contribution in [0, 0.1) is 12.7 Å². The molecule has 0 radical (unpaired) electrons. The van der Waals surface area contributed by atoms with Crippen LogP contribution in [-0.4, -0.2) is 0 Å². The summed E-state index contributed by atoms with van der Waals surface area (Å²) in [4.78, 5) is 0. The van der Waals surface area contributed by atoms with E-state index in [1.807, 2.05) is 13.0 Å². The first kappa shape index (κ1) is 11.8. The van der Waals surface area contributed by atoms with Crippen LogP contribution in [0.15, 0.2) is 41.0 Å². The summed E-state index contributed by atoms with van der Waals surface area (Å²) in [5, 5.41) is 0. The van der Waals surface area contributed by atoms with Crippen LogP contribution in [0.2, 0.25) is 0 Å². The average molecular weight is 234 g/mol. The molecule has 3 N–H and O–H groups in total. The predicted octanol–water partition coefficient (Wildman–Crippen LogP) is 2.47. The van der Waals surface area contributed by atoms with Crippen molar-refractivity contribution >= 4 is 0 Å². The summed E-state index contributed by atoms with van der Waals surface area (Å²) in [6.45, 7) is 1.89. The van der Waals surface area contributed by atoms with Crippen molar-refractivity contribution in [2.45, 2.75) is 19.4 Å². The number of rotatable bonds is 4. The number of nitrogens with one attached hydrogen (secondary N) is 1. The van der Waals surface area contributed by atoms with E-state index in [4.69, 9.17) is 10.3 Å². The fourth-order valence-corrected chi connectivity index (χ4v) is 1.87. The predicted molar refractivity (Wildman–Crippen MR) is 63.6 cm³/mol. The Labute approximate surface area is 99.4 Å². The molecule has 1 heterocycles. The van der Waals surface area contributed by atoms with E-state index in [1.165, 1.54) is 12.1 Å². The van der Waals surface area contributed by atoms with Crippen LogP contribution in [0.4, 0.5) is 4.39 Å². The van der Waals surface area contributed by atoms with E-state index in [0.717, 1.165) is 16.9 Å². The van der Waals surface area contributed by atoms with Crippen molar-refractivity contribution in [3.8, 4) is 0 Å². The molecule has 2 rings (SSSR count). The first-order chi connectivity index (χ1) is 8.20. The molecule has 0 saturated heterocycles. The number of hydrogen-bond acceptors (Lipinski definition) is 3. The minimum atomic E-state index is -0.231. The summed E-state index contributed by atoms with van der Waals surface area (Å²) < 4.78 is 18.0. The van der Waals surface area contributed by atoms with Crippen LogP contribution in [0.5, 0.6) is 0 Å². The third-order valence-electron chi connectivity index (χ3n) is 2.83. The van der Waals surface area contributed by atoms with E-state index < -0.39 is 0 Å². The van der Waals surface area contributed by atoms with Gasteiger partial charge in [-0.25, -0.2) is 4.39 Å². The number of halogens is 1. The highest BCUT2D eigenvalue weighted by Crippen LogP contribution is 2.22. The summed E-state index contributed by atoms with van der Waals surface area (Å²) in [5.74, 6) is 6.16. The molecule has 17 heavy (non-hydrogen) atoms. The number of hydrazine groups is 1. The van der Waals surface area contributed by atoms with Gasteiger partial charge in [-0.05, 0) is 37.1 Å². The lowest BCUT2D eigenvalue weighted by atomic mass is 10.00. The van der Waals surface area contributed by atoms with Gasteiger partial charge in [0.2, 0.25) is 0 Å². The number of nitrogens with two attached hydrogens (primary N) is 1. The number of benzene rings is 1. The minimum absolute atomic E-state index is 0.0285. The van der Waals surface area contributed by atoms with Gasteiger partial charge in [0.15, 0.2) is 0 Å². The van der Waals surface area contributed by atoms with Crippen LogP contribution >= 0.6 is 0 Å². The molecule has 1 unspecified atom stereocenters. The lowest BCUT2D eigenvalue weighted by Crippen LogP contribution is -2.29. The van der Waals surface area contributed by atoms with Crippen LogP contribution in [-0.2, 0) is 6.42 Å². The largest absolute Gasteiger partial charge is 0.469 e. The normalized spacial score (nSPS) is 12.6. The second-order valence-electron chi connectivity index (χ2n) is 3.98. The van der Waals surface area contributed by atoms with Crippen LogP contribution in [0.1, 0.15) is 22.9 Å². The van der Waals surface area contributed by atoms with Crippen molar-refractivity contribution in [3.05, 3.63) is 59.3 Å². The van der Waals surface area contributed by atoms with Gasteiger partial charge in [0, 0.05) is 5.56 Å². The lowest BCUT2D eigenvalue weighted by molar-refractivity contribution is 0.501. The molecule has 0 spiro atoms. The molecule has 1 aromatic carbocycles. The van der Waals surface area contributed by atoms with Crippen LogP contribution < -0.4 is 11.3 Å². The highest BCUT2D eigenvalue weighted by Gasteiger charge is 2.14. The summed E-state index contributed by atoms with van der Waals surface area (Å²) in [5.41, 5.74) is 4.80. The van der Waals surface area contributed by atoms with Crippen LogP contribution in [0.3, 0.4) is 0 Å². The van der Waals surface area contributed by atoms with E-state index in [-0.39, 0.29) is 11.9 Å². The Morgan fingerprint density at radius 2 is 2.00 bits per heavy atom. The maximum atomic E-state index is 12.8. The third-order valence-corrected chi connectivity index (χ3v) is 2.83. The molecule has 90 valence electrons. The molecule has 3 nitrogen and oxygen atoms in total. The SMILES string of the molecule is Cc1occc1C(Cc1ccc(F)cc1)NN. The highest BCUT2D eigenvalue weighted by molar-refractivity contribution is 5.24. The summed E-state index contributed by atoms with van der Waals surface area (Å²) >= 11 is 0. The maximum absolute atomic E-state index is 12.8. The number of aryl methyl sites for hydroxylation is 1. The van der Waals surface area contributed by atoms with Crippen molar-refractivity contribution in [2.75, 3.05) is 0 Å². The summed E-state index contributed by atoms with van der Waals surface area (Å²) in [6, 6.07) is 8.28. The van der Waals surface area contributed by atoms with Gasteiger partial charge in [-0.15, -0.1) is 0 Å². The number of furan rings is 1. The first-order valence-electron chi connectivity index (χ1n) is 5.45. The molecule has 0 aliphatic rings. The zero-order chi connectivity index (χ0) is 12.3. The lowest BCUT2D eigenvalue weighted by Gasteiger charge is -2.15. The Morgan fingerprint density at radius 3 is 2.53 bits per heavy atom. The average Bonchev–Trinajstić information content (AvgIpc) is 2.75. The second-order valence-corrected chi connectivity index (χ2v) is 3.98. The Kier molecular flexibility index (Phi) is 3.56. The summed E-state index contributed by atoms with van der Waals surface area (Å²) in [6.07, 6.45) is 2.33. The zero-order valence-corrected chi connectivity index (χ0v) is 9.61. The zero-order valence-electron chi connectivity index (χ0n) is 9.61. The smallest absolute Gasteiger partial charge is 0.123 e. The monoisotopic (exact) mass is 234 g/mol. The molecule has 0 bridgehead atoms. The van der Waals surface area contributed by atoms with Crippen molar-refractivity contribution < 1.29 is 8.81 Å². The van der Waals surface area contributed by atoms with Crippen molar-refractivity contribution in [1.29, 1.82) is 0 Å². The summed E-state index contributed by atoms with van der Waals surface area (Å²) in [7, 11) is 0. The molecule has 0 amide bonds. The van der Waals surface area contributed by atoms with Crippen molar-refractivity contribution in [1.82, 2.24) is 5.43 Å². The molecule has 0 saturated carbocycles. The molecular weight excluding hydrogens is 219 g/mol. The van der Waals surface area contributed by atoms with E-state index in [9.17, 15) is 4.39 Å². The van der Waals surface area contributed by atoms with Gasteiger partial charge >= 0.3 is 0 Å². The van der Waals surface area contributed by atoms with Gasteiger partial charge < -0.3 is 4.42 Å². The van der Waals surface area contributed by atoms with Gasteiger partial charge in [0.05, 0.1) is 12.3 Å². The van der Waals surface area contributed by atoms with Gasteiger partial charge in [-0.2, -0.15) is 0 Å². The molecule has 4 heteroatoms. The quantitative estimate of drug-likeness (QED) is 0.631. The molecular formula is C13H15FN2O. The Balaban J connectivity index is 2.16. The first-order valence-corrected chi connectivity index (χ1v) is 5.45. The van der Waals surface area contributed by atoms with E-state index in [2.05, 4.69) is 5.43 Å². The van der Waals surface area contributed by atoms with Gasteiger partial charge in [0.1, 0.15) is 11.6 Å². The molecule has 0 fully saturated rings. The van der Waals surface area contributed by atoms with E-state index in [0.29, 0.717) is 6.42 Å². The van der Waals surface area contributed by atoms with Crippen LogP contribution in [0.25, 0.3) is 0 Å². The van der Waals surface area contributed by atoms with E-state index in [1.54, 1.807) is 18.4 Å². The van der Waals surface area contributed by atoms with Crippen molar-refractivity contribution in [3.63, 3.8) is 0 Å². The molecule has 1 atom stereocenters. The highest BCUT2D eigenvalue weighted by atomic mass is 19.1. The Hall–Kier alpha value is -1.65. The van der Waals surface area contributed by atoms with Gasteiger partial charge in [0.25, 0.3) is 0 Å². The van der Waals surface area contributed by atoms with Gasteiger partial charge in [-0.1, -0.05) is 12.1 Å².